The zero-order chi connectivity index (χ0) is 30.6. The fourth-order valence-electron chi connectivity index (χ4n) is 3.98. The van der Waals surface area contributed by atoms with Gasteiger partial charge in [-0.15, -0.1) is 0 Å². The van der Waals surface area contributed by atoms with Gasteiger partial charge in [0.15, 0.2) is 11.7 Å². The number of morpholine rings is 1. The highest BCUT2D eigenvalue weighted by molar-refractivity contribution is 5.93. The van der Waals surface area contributed by atoms with Crippen molar-refractivity contribution < 1.29 is 22.3 Å². The number of aliphatic imine (C=N–C) groups is 1. The Bertz CT molecular complexity index is 1230. The molecule has 7 nitrogen and oxygen atoms in total. The molecule has 0 radical (unpaired) electrons. The van der Waals surface area contributed by atoms with Crippen LogP contribution in [0.3, 0.4) is 0 Å². The number of anilines is 2. The van der Waals surface area contributed by atoms with E-state index in [1.807, 2.05) is 39.0 Å². The summed E-state index contributed by atoms with van der Waals surface area (Å²) in [6.45, 7) is 15.4. The van der Waals surface area contributed by atoms with Gasteiger partial charge in [0, 0.05) is 31.0 Å². The van der Waals surface area contributed by atoms with Crippen LogP contribution >= 0.6 is 0 Å². The fraction of sp³-hybridized carbons (Fsp3) is 0.433. The SMILES string of the molecule is C=C(F)C(=N)N1CCOC(C(C)C)C1.CCN=C(C)N/N=C/c1ccc(Nc2cccc(C(F)(F)F)c2)cc1CC. The molecule has 0 bridgehead atoms. The third kappa shape index (κ3) is 11.0. The molecule has 1 fully saturated rings. The Kier molecular flexibility index (Phi) is 13.0. The van der Waals surface area contributed by atoms with Crippen molar-refractivity contribution >= 4 is 29.3 Å². The number of alkyl halides is 3. The molecule has 224 valence electrons. The van der Waals surface area contributed by atoms with Crippen molar-refractivity contribution in [1.82, 2.24) is 10.3 Å². The number of rotatable bonds is 8. The third-order valence-corrected chi connectivity index (χ3v) is 6.24. The Balaban J connectivity index is 0.000000353. The van der Waals surface area contributed by atoms with Gasteiger partial charge in [-0.25, -0.2) is 4.39 Å². The van der Waals surface area contributed by atoms with Crippen molar-refractivity contribution in [3.05, 3.63) is 71.6 Å². The average Bonchev–Trinajstić information content (AvgIpc) is 2.93. The van der Waals surface area contributed by atoms with Crippen LogP contribution in [-0.4, -0.2) is 55.1 Å². The Labute approximate surface area is 239 Å². The number of amidine groups is 2. The molecule has 3 rings (SSSR count). The molecular weight excluding hydrogens is 536 g/mol. The van der Waals surface area contributed by atoms with E-state index in [4.69, 9.17) is 10.1 Å². The van der Waals surface area contributed by atoms with Crippen LogP contribution in [0, 0.1) is 11.3 Å². The van der Waals surface area contributed by atoms with E-state index in [1.165, 1.54) is 6.07 Å². The molecule has 0 aromatic heterocycles. The third-order valence-electron chi connectivity index (χ3n) is 6.24. The van der Waals surface area contributed by atoms with Gasteiger partial charge < -0.3 is 15.0 Å². The largest absolute Gasteiger partial charge is 0.416 e. The molecular formula is C30H40F4N6O. The lowest BCUT2D eigenvalue weighted by Gasteiger charge is -2.35. The molecule has 0 spiro atoms. The highest BCUT2D eigenvalue weighted by atomic mass is 19.4. The van der Waals surface area contributed by atoms with Crippen molar-refractivity contribution in [1.29, 1.82) is 5.41 Å². The topological polar surface area (TPSA) is 85.1 Å². The molecule has 3 N–H and O–H groups in total. The molecule has 1 aliphatic heterocycles. The summed E-state index contributed by atoms with van der Waals surface area (Å²) < 4.78 is 56.8. The van der Waals surface area contributed by atoms with Crippen LogP contribution in [0.2, 0.25) is 0 Å². The molecule has 1 atom stereocenters. The molecule has 2 aromatic carbocycles. The number of aryl methyl sites for hydroxylation is 1. The summed E-state index contributed by atoms with van der Waals surface area (Å²) in [6, 6.07) is 10.8. The summed E-state index contributed by atoms with van der Waals surface area (Å²) in [5.74, 6) is 0.335. The molecule has 0 aliphatic carbocycles. The van der Waals surface area contributed by atoms with E-state index >= 15 is 0 Å². The Morgan fingerprint density at radius 1 is 1.20 bits per heavy atom. The van der Waals surface area contributed by atoms with Crippen molar-refractivity contribution in [3.63, 3.8) is 0 Å². The van der Waals surface area contributed by atoms with Crippen LogP contribution in [0.15, 0.2) is 65.0 Å². The fourth-order valence-corrected chi connectivity index (χ4v) is 3.98. The summed E-state index contributed by atoms with van der Waals surface area (Å²) >= 11 is 0. The van der Waals surface area contributed by atoms with Crippen molar-refractivity contribution in [3.8, 4) is 0 Å². The number of hydrogen-bond acceptors (Lipinski definition) is 5. The normalized spacial score (nSPS) is 15.9. The van der Waals surface area contributed by atoms with Gasteiger partial charge in [0.25, 0.3) is 0 Å². The van der Waals surface area contributed by atoms with Gasteiger partial charge in [0.1, 0.15) is 5.84 Å². The maximum atomic E-state index is 12.8. The summed E-state index contributed by atoms with van der Waals surface area (Å²) in [5.41, 5.74) is 5.25. The van der Waals surface area contributed by atoms with E-state index in [2.05, 4.69) is 41.3 Å². The molecule has 1 unspecified atom stereocenters. The smallest absolute Gasteiger partial charge is 0.374 e. The molecule has 11 heteroatoms. The Morgan fingerprint density at radius 2 is 1.90 bits per heavy atom. The van der Waals surface area contributed by atoms with Gasteiger partial charge in [0.05, 0.1) is 24.5 Å². The Morgan fingerprint density at radius 3 is 2.51 bits per heavy atom. The highest BCUT2D eigenvalue weighted by Crippen LogP contribution is 2.31. The van der Waals surface area contributed by atoms with E-state index in [-0.39, 0.29) is 11.9 Å². The van der Waals surface area contributed by atoms with E-state index in [9.17, 15) is 17.6 Å². The molecule has 41 heavy (non-hydrogen) atoms. The summed E-state index contributed by atoms with van der Waals surface area (Å²) in [5, 5.41) is 14.7. The average molecular weight is 577 g/mol. The van der Waals surface area contributed by atoms with Gasteiger partial charge in [-0.05, 0) is 67.6 Å². The quantitative estimate of drug-likeness (QED) is 0.135. The second-order valence-electron chi connectivity index (χ2n) is 9.75. The van der Waals surface area contributed by atoms with E-state index in [0.717, 1.165) is 41.2 Å². The van der Waals surface area contributed by atoms with Crippen LogP contribution in [0.5, 0.6) is 0 Å². The van der Waals surface area contributed by atoms with Gasteiger partial charge in [-0.3, -0.25) is 15.8 Å². The monoisotopic (exact) mass is 576 g/mol. The number of benzene rings is 2. The predicted octanol–water partition coefficient (Wildman–Crippen LogP) is 7.18. The maximum Gasteiger partial charge on any atom is 0.416 e. The molecule has 0 saturated carbocycles. The maximum absolute atomic E-state index is 12.8. The first-order valence-electron chi connectivity index (χ1n) is 13.5. The second-order valence-corrected chi connectivity index (χ2v) is 9.75. The standard InChI is InChI=1S/C20H23F3N4.C10H17FN2O/c1-4-15-11-19(10-9-16(15)13-25-27-14(3)24-5-2)26-18-8-6-7-17(12-18)20(21,22)23;1-7(2)9-6-13(4-5-14-9)10(12)8(3)11/h6-13,26H,4-5H2,1-3H3,(H,24,27);7,9,12H,3-6H2,1-2H3/b25-13+;. The number of ether oxygens (including phenoxy) is 1. The van der Waals surface area contributed by atoms with Crippen molar-refractivity contribution in [2.24, 2.45) is 16.0 Å². The number of nitrogens with one attached hydrogen (secondary N) is 3. The lowest BCUT2D eigenvalue weighted by Crippen LogP contribution is -2.47. The summed E-state index contributed by atoms with van der Waals surface area (Å²) in [6.07, 6.45) is -1.80. The summed E-state index contributed by atoms with van der Waals surface area (Å²) in [7, 11) is 0. The van der Waals surface area contributed by atoms with E-state index < -0.39 is 17.6 Å². The van der Waals surface area contributed by atoms with Crippen LogP contribution in [0.4, 0.5) is 28.9 Å². The highest BCUT2D eigenvalue weighted by Gasteiger charge is 2.30. The van der Waals surface area contributed by atoms with Gasteiger partial charge in [0.2, 0.25) is 0 Å². The number of hydrogen-bond donors (Lipinski definition) is 3. The van der Waals surface area contributed by atoms with E-state index in [0.29, 0.717) is 37.8 Å². The van der Waals surface area contributed by atoms with Crippen LogP contribution in [0.25, 0.3) is 0 Å². The van der Waals surface area contributed by atoms with Crippen molar-refractivity contribution in [2.45, 2.75) is 53.3 Å². The van der Waals surface area contributed by atoms with Gasteiger partial charge in [-0.1, -0.05) is 39.5 Å². The molecule has 1 heterocycles. The predicted molar refractivity (Wildman–Crippen MR) is 159 cm³/mol. The molecule has 2 aromatic rings. The van der Waals surface area contributed by atoms with Crippen LogP contribution < -0.4 is 10.7 Å². The van der Waals surface area contributed by atoms with Gasteiger partial charge >= 0.3 is 6.18 Å². The zero-order valence-electron chi connectivity index (χ0n) is 24.3. The first kappa shape index (κ1) is 33.5. The lowest BCUT2D eigenvalue weighted by molar-refractivity contribution is -0.137. The number of hydrazone groups is 1. The minimum atomic E-state index is -4.36. The Hall–Kier alpha value is -3.73. The number of nitrogens with zero attached hydrogens (tertiary/aromatic N) is 3. The lowest BCUT2D eigenvalue weighted by atomic mass is 10.0. The summed E-state index contributed by atoms with van der Waals surface area (Å²) in [4.78, 5) is 5.86. The van der Waals surface area contributed by atoms with Crippen LogP contribution in [0.1, 0.15) is 51.3 Å². The minimum Gasteiger partial charge on any atom is -0.374 e. The first-order chi connectivity index (χ1) is 19.3. The van der Waals surface area contributed by atoms with E-state index in [1.54, 1.807) is 17.2 Å². The number of halogens is 4. The zero-order valence-corrected chi connectivity index (χ0v) is 24.3. The minimum absolute atomic E-state index is 0.0865. The molecule has 1 aliphatic rings. The molecule has 1 saturated heterocycles. The molecule has 0 amide bonds. The van der Waals surface area contributed by atoms with Crippen molar-refractivity contribution in [2.75, 3.05) is 31.6 Å². The second kappa shape index (κ2) is 15.9. The van der Waals surface area contributed by atoms with Gasteiger partial charge in [-0.2, -0.15) is 18.3 Å². The first-order valence-corrected chi connectivity index (χ1v) is 13.5. The van der Waals surface area contributed by atoms with Crippen LogP contribution in [-0.2, 0) is 17.3 Å².